The predicted molar refractivity (Wildman–Crippen MR) is 82.0 cm³/mol. The van der Waals surface area contributed by atoms with Gasteiger partial charge in [0.05, 0.1) is 0 Å². The van der Waals surface area contributed by atoms with Crippen molar-refractivity contribution in [3.8, 4) is 0 Å². The van der Waals surface area contributed by atoms with Gasteiger partial charge in [0.1, 0.15) is 5.82 Å². The average Bonchev–Trinajstić information content (AvgIpc) is 3.22. The Hall–Kier alpha value is -2.43. The van der Waals surface area contributed by atoms with E-state index in [9.17, 15) is 0 Å². The molecule has 2 aromatic heterocycles. The Morgan fingerprint density at radius 1 is 1.10 bits per heavy atom. The first-order valence-corrected chi connectivity index (χ1v) is 7.27. The molecule has 0 aliphatic heterocycles. The average molecular weight is 279 g/mol. The quantitative estimate of drug-likeness (QED) is 0.798. The standard InChI is InChI=1S/C16H17N5/c1-10-3-7-13(8-4-10)18-14-9-11(2)17-16-19-15(12-5-6-12)20-21(14)16/h3-4,7-9,12,18H,5-6H2,1-2H3. The Morgan fingerprint density at radius 3 is 2.57 bits per heavy atom. The molecule has 0 amide bonds. The van der Waals surface area contributed by atoms with Crippen LogP contribution in [0.2, 0.25) is 0 Å². The van der Waals surface area contributed by atoms with Gasteiger partial charge in [0.15, 0.2) is 5.82 Å². The fourth-order valence-corrected chi connectivity index (χ4v) is 2.39. The van der Waals surface area contributed by atoms with E-state index in [-0.39, 0.29) is 0 Å². The first kappa shape index (κ1) is 12.3. The second-order valence-corrected chi connectivity index (χ2v) is 5.73. The van der Waals surface area contributed by atoms with Crippen molar-refractivity contribution in [2.45, 2.75) is 32.6 Å². The lowest BCUT2D eigenvalue weighted by atomic mass is 10.2. The second kappa shape index (κ2) is 4.55. The minimum atomic E-state index is 0.527. The number of nitrogens with zero attached hydrogens (tertiary/aromatic N) is 4. The molecule has 0 spiro atoms. The van der Waals surface area contributed by atoms with Crippen molar-refractivity contribution in [3.05, 3.63) is 47.4 Å². The van der Waals surface area contributed by atoms with Crippen molar-refractivity contribution in [2.24, 2.45) is 0 Å². The number of benzene rings is 1. The molecule has 0 bridgehead atoms. The molecule has 21 heavy (non-hydrogen) atoms. The van der Waals surface area contributed by atoms with Gasteiger partial charge in [-0.2, -0.15) is 9.50 Å². The lowest BCUT2D eigenvalue weighted by molar-refractivity contribution is 0.875. The van der Waals surface area contributed by atoms with Crippen LogP contribution < -0.4 is 5.32 Å². The summed E-state index contributed by atoms with van der Waals surface area (Å²) in [6.45, 7) is 4.06. The fourth-order valence-electron chi connectivity index (χ4n) is 2.39. The third-order valence-electron chi connectivity index (χ3n) is 3.72. The summed E-state index contributed by atoms with van der Waals surface area (Å²) >= 11 is 0. The normalized spacial score (nSPS) is 14.6. The van der Waals surface area contributed by atoms with Crippen LogP contribution in [0.25, 0.3) is 5.78 Å². The summed E-state index contributed by atoms with van der Waals surface area (Å²) in [5.74, 6) is 3.02. The van der Waals surface area contributed by atoms with Crippen LogP contribution in [-0.2, 0) is 0 Å². The van der Waals surface area contributed by atoms with E-state index in [1.165, 1.54) is 18.4 Å². The van der Waals surface area contributed by atoms with Crippen LogP contribution >= 0.6 is 0 Å². The zero-order valence-electron chi connectivity index (χ0n) is 12.2. The first-order chi connectivity index (χ1) is 10.2. The van der Waals surface area contributed by atoms with Crippen LogP contribution in [-0.4, -0.2) is 19.6 Å². The molecule has 0 atom stereocenters. The van der Waals surface area contributed by atoms with Crippen LogP contribution in [0.1, 0.15) is 35.8 Å². The third-order valence-corrected chi connectivity index (χ3v) is 3.72. The number of fused-ring (bicyclic) bond motifs is 1. The second-order valence-electron chi connectivity index (χ2n) is 5.73. The van der Waals surface area contributed by atoms with E-state index < -0.39 is 0 Å². The van der Waals surface area contributed by atoms with Crippen LogP contribution in [0.3, 0.4) is 0 Å². The maximum absolute atomic E-state index is 4.61. The van der Waals surface area contributed by atoms with Crippen molar-refractivity contribution >= 4 is 17.3 Å². The van der Waals surface area contributed by atoms with Crippen LogP contribution in [0.15, 0.2) is 30.3 Å². The molecule has 2 heterocycles. The zero-order chi connectivity index (χ0) is 14.4. The van der Waals surface area contributed by atoms with Crippen molar-refractivity contribution in [2.75, 3.05) is 5.32 Å². The molecule has 1 saturated carbocycles. The molecule has 106 valence electrons. The summed E-state index contributed by atoms with van der Waals surface area (Å²) in [6.07, 6.45) is 2.38. The van der Waals surface area contributed by atoms with E-state index in [2.05, 4.69) is 51.6 Å². The summed E-state index contributed by atoms with van der Waals surface area (Å²) in [5, 5.41) is 8.02. The minimum absolute atomic E-state index is 0.527. The fraction of sp³-hybridized carbons (Fsp3) is 0.312. The molecule has 5 nitrogen and oxygen atoms in total. The van der Waals surface area contributed by atoms with Gasteiger partial charge >= 0.3 is 0 Å². The highest BCUT2D eigenvalue weighted by Gasteiger charge is 2.28. The highest BCUT2D eigenvalue weighted by atomic mass is 15.4. The molecule has 1 fully saturated rings. The van der Waals surface area contributed by atoms with Gasteiger partial charge in [-0.1, -0.05) is 17.7 Å². The highest BCUT2D eigenvalue weighted by Crippen LogP contribution is 2.38. The van der Waals surface area contributed by atoms with E-state index >= 15 is 0 Å². The molecule has 1 N–H and O–H groups in total. The van der Waals surface area contributed by atoms with Gasteiger partial charge in [0.25, 0.3) is 5.78 Å². The van der Waals surface area contributed by atoms with Crippen LogP contribution in [0, 0.1) is 13.8 Å². The lowest BCUT2D eigenvalue weighted by Crippen LogP contribution is -2.02. The van der Waals surface area contributed by atoms with E-state index in [1.807, 2.05) is 13.0 Å². The van der Waals surface area contributed by atoms with Crippen molar-refractivity contribution in [1.82, 2.24) is 19.6 Å². The summed E-state index contributed by atoms with van der Waals surface area (Å²) in [7, 11) is 0. The maximum Gasteiger partial charge on any atom is 0.254 e. The number of aromatic nitrogens is 4. The largest absolute Gasteiger partial charge is 0.340 e. The molecule has 1 aliphatic carbocycles. The predicted octanol–water partition coefficient (Wildman–Crippen LogP) is 3.36. The molecular weight excluding hydrogens is 262 g/mol. The Kier molecular flexibility index (Phi) is 2.67. The molecule has 0 unspecified atom stereocenters. The van der Waals surface area contributed by atoms with Gasteiger partial charge in [-0.25, -0.2) is 4.98 Å². The number of anilines is 2. The van der Waals surface area contributed by atoms with Gasteiger partial charge in [-0.05, 0) is 38.8 Å². The molecule has 0 radical (unpaired) electrons. The number of nitrogens with one attached hydrogen (secondary N) is 1. The highest BCUT2D eigenvalue weighted by molar-refractivity contribution is 5.59. The number of aryl methyl sites for hydroxylation is 2. The smallest absolute Gasteiger partial charge is 0.254 e. The van der Waals surface area contributed by atoms with E-state index in [0.29, 0.717) is 11.7 Å². The Morgan fingerprint density at radius 2 is 1.86 bits per heavy atom. The van der Waals surface area contributed by atoms with Crippen LogP contribution in [0.4, 0.5) is 11.5 Å². The van der Waals surface area contributed by atoms with Gasteiger partial charge in [-0.15, -0.1) is 5.10 Å². The molecule has 5 heteroatoms. The molecule has 1 aliphatic rings. The van der Waals surface area contributed by atoms with E-state index in [0.717, 1.165) is 23.0 Å². The van der Waals surface area contributed by atoms with Gasteiger partial charge in [0, 0.05) is 23.4 Å². The number of rotatable bonds is 3. The zero-order valence-corrected chi connectivity index (χ0v) is 12.2. The number of hydrogen-bond donors (Lipinski definition) is 1. The SMILES string of the molecule is Cc1ccc(Nc2cc(C)nc3nc(C4CC4)nn23)cc1. The maximum atomic E-state index is 4.61. The van der Waals surface area contributed by atoms with Gasteiger partial charge in [0.2, 0.25) is 0 Å². The minimum Gasteiger partial charge on any atom is -0.340 e. The molecule has 1 aromatic carbocycles. The van der Waals surface area contributed by atoms with Gasteiger partial charge in [-0.3, -0.25) is 0 Å². The Labute approximate surface area is 123 Å². The van der Waals surface area contributed by atoms with E-state index in [4.69, 9.17) is 0 Å². The molecule has 4 rings (SSSR count). The van der Waals surface area contributed by atoms with Gasteiger partial charge < -0.3 is 5.32 Å². The summed E-state index contributed by atoms with van der Waals surface area (Å²) < 4.78 is 1.81. The monoisotopic (exact) mass is 279 g/mol. The Bertz CT molecular complexity index is 799. The summed E-state index contributed by atoms with van der Waals surface area (Å²) in [6, 6.07) is 10.3. The summed E-state index contributed by atoms with van der Waals surface area (Å²) in [5.41, 5.74) is 3.22. The Balaban J connectivity index is 1.77. The van der Waals surface area contributed by atoms with Crippen molar-refractivity contribution in [3.63, 3.8) is 0 Å². The topological polar surface area (TPSA) is 55.1 Å². The molecular formula is C16H17N5. The number of hydrogen-bond acceptors (Lipinski definition) is 4. The lowest BCUT2D eigenvalue weighted by Gasteiger charge is -2.08. The summed E-state index contributed by atoms with van der Waals surface area (Å²) in [4.78, 5) is 9.02. The van der Waals surface area contributed by atoms with Crippen LogP contribution in [0.5, 0.6) is 0 Å². The van der Waals surface area contributed by atoms with Crippen molar-refractivity contribution < 1.29 is 0 Å². The third kappa shape index (κ3) is 2.35. The van der Waals surface area contributed by atoms with Crippen molar-refractivity contribution in [1.29, 1.82) is 0 Å². The molecule has 0 saturated heterocycles. The first-order valence-electron chi connectivity index (χ1n) is 7.27. The van der Waals surface area contributed by atoms with E-state index in [1.54, 1.807) is 4.52 Å². The molecule has 3 aromatic rings.